The number of hydrogen-bond donors (Lipinski definition) is 1. The summed E-state index contributed by atoms with van der Waals surface area (Å²) in [4.78, 5) is 16.9. The van der Waals surface area contributed by atoms with E-state index in [0.717, 1.165) is 10.3 Å². The van der Waals surface area contributed by atoms with Gasteiger partial charge in [0.05, 0.1) is 21.5 Å². The maximum atomic E-state index is 12.3. The van der Waals surface area contributed by atoms with Gasteiger partial charge in [0, 0.05) is 6.26 Å². The molecule has 0 saturated carbocycles. The predicted octanol–water partition coefficient (Wildman–Crippen LogP) is 4.00. The molecule has 0 bridgehead atoms. The Hall–Kier alpha value is -2.25. The van der Waals surface area contributed by atoms with Gasteiger partial charge in [-0.25, -0.2) is 13.4 Å². The van der Waals surface area contributed by atoms with Crippen LogP contribution in [0.1, 0.15) is 30.9 Å². The van der Waals surface area contributed by atoms with Crippen LogP contribution in [0.25, 0.3) is 10.2 Å². The topological polar surface area (TPSA) is 76.1 Å². The molecular weight excluding hydrogens is 368 g/mol. The number of thiazole rings is 1. The Balaban J connectivity index is 1.72. The first-order valence-corrected chi connectivity index (χ1v) is 10.9. The lowest BCUT2D eigenvalue weighted by Crippen LogP contribution is -2.14. The summed E-state index contributed by atoms with van der Waals surface area (Å²) < 4.78 is 24.0. The van der Waals surface area contributed by atoms with Crippen molar-refractivity contribution in [1.29, 1.82) is 0 Å². The molecule has 0 radical (unpaired) electrons. The molecule has 1 N–H and O–H groups in total. The monoisotopic (exact) mass is 388 g/mol. The fourth-order valence-corrected chi connectivity index (χ4v) is 4.20. The third-order valence-electron chi connectivity index (χ3n) is 4.05. The number of anilines is 1. The van der Waals surface area contributed by atoms with Crippen LogP contribution in [0.5, 0.6) is 0 Å². The molecule has 136 valence electrons. The summed E-state index contributed by atoms with van der Waals surface area (Å²) >= 11 is 1.27. The van der Waals surface area contributed by atoms with Gasteiger partial charge in [-0.2, -0.15) is 0 Å². The molecule has 0 unspecified atom stereocenters. The van der Waals surface area contributed by atoms with Crippen molar-refractivity contribution in [3.05, 3.63) is 53.6 Å². The Labute approximate surface area is 157 Å². The van der Waals surface area contributed by atoms with Crippen molar-refractivity contribution in [3.8, 4) is 0 Å². The molecule has 0 spiro atoms. The fraction of sp³-hybridized carbons (Fsp3) is 0.263. The molecule has 1 heterocycles. The zero-order chi connectivity index (χ0) is 18.9. The minimum absolute atomic E-state index is 0.148. The molecule has 2 aromatic carbocycles. The van der Waals surface area contributed by atoms with E-state index < -0.39 is 9.84 Å². The van der Waals surface area contributed by atoms with E-state index in [1.54, 1.807) is 12.1 Å². The highest BCUT2D eigenvalue weighted by atomic mass is 32.2. The highest BCUT2D eigenvalue weighted by Crippen LogP contribution is 2.28. The highest BCUT2D eigenvalue weighted by molar-refractivity contribution is 7.90. The Kier molecular flexibility index (Phi) is 5.11. The van der Waals surface area contributed by atoms with Crippen LogP contribution in [0.3, 0.4) is 0 Å². The van der Waals surface area contributed by atoms with Gasteiger partial charge in [0.25, 0.3) is 0 Å². The van der Waals surface area contributed by atoms with Crippen LogP contribution in [0.2, 0.25) is 0 Å². The smallest absolute Gasteiger partial charge is 0.230 e. The van der Waals surface area contributed by atoms with Crippen LogP contribution >= 0.6 is 11.3 Å². The lowest BCUT2D eigenvalue weighted by atomic mass is 10.0. The van der Waals surface area contributed by atoms with Gasteiger partial charge < -0.3 is 5.32 Å². The first-order valence-electron chi connectivity index (χ1n) is 8.22. The average molecular weight is 389 g/mol. The van der Waals surface area contributed by atoms with Crippen LogP contribution in [0.15, 0.2) is 47.4 Å². The summed E-state index contributed by atoms with van der Waals surface area (Å²) in [6.07, 6.45) is 1.44. The molecule has 3 rings (SSSR count). The van der Waals surface area contributed by atoms with Crippen LogP contribution in [0, 0.1) is 0 Å². The van der Waals surface area contributed by atoms with Gasteiger partial charge >= 0.3 is 0 Å². The normalized spacial score (nSPS) is 11.8. The second kappa shape index (κ2) is 7.17. The molecule has 1 aromatic heterocycles. The van der Waals surface area contributed by atoms with Crippen LogP contribution in [0.4, 0.5) is 5.13 Å². The lowest BCUT2D eigenvalue weighted by molar-refractivity contribution is -0.115. The number of carbonyl (C=O) groups is 1. The first kappa shape index (κ1) is 18.5. The number of fused-ring (bicyclic) bond motifs is 1. The number of sulfone groups is 1. The number of hydrogen-bond acceptors (Lipinski definition) is 5. The molecular formula is C19H20N2O3S2. The van der Waals surface area contributed by atoms with Gasteiger partial charge in [0.1, 0.15) is 0 Å². The van der Waals surface area contributed by atoms with Crippen molar-refractivity contribution in [2.75, 3.05) is 11.6 Å². The van der Waals surface area contributed by atoms with Crippen molar-refractivity contribution in [3.63, 3.8) is 0 Å². The number of nitrogens with one attached hydrogen (secondary N) is 1. The first-order chi connectivity index (χ1) is 12.2. The van der Waals surface area contributed by atoms with E-state index in [-0.39, 0.29) is 17.2 Å². The molecule has 26 heavy (non-hydrogen) atoms. The number of rotatable bonds is 5. The Morgan fingerprint density at radius 3 is 2.46 bits per heavy atom. The van der Waals surface area contributed by atoms with E-state index in [1.807, 2.05) is 24.3 Å². The Bertz CT molecular complexity index is 1050. The number of aromatic nitrogens is 1. The predicted molar refractivity (Wildman–Crippen MR) is 106 cm³/mol. The van der Waals surface area contributed by atoms with E-state index in [0.29, 0.717) is 16.6 Å². The third-order valence-corrected chi connectivity index (χ3v) is 6.09. The maximum absolute atomic E-state index is 12.3. The molecule has 3 aromatic rings. The summed E-state index contributed by atoms with van der Waals surface area (Å²) in [5.41, 5.74) is 2.84. The fourth-order valence-electron chi connectivity index (χ4n) is 2.56. The van der Waals surface area contributed by atoms with Crippen LogP contribution in [-0.2, 0) is 21.1 Å². The van der Waals surface area contributed by atoms with Crippen molar-refractivity contribution in [2.24, 2.45) is 0 Å². The van der Waals surface area contributed by atoms with Crippen molar-refractivity contribution < 1.29 is 13.2 Å². The molecule has 0 fully saturated rings. The molecule has 5 nitrogen and oxygen atoms in total. The molecule has 0 atom stereocenters. The molecule has 0 aliphatic heterocycles. The van der Waals surface area contributed by atoms with Gasteiger partial charge in [-0.3, -0.25) is 4.79 Å². The van der Waals surface area contributed by atoms with E-state index in [1.165, 1.54) is 29.2 Å². The number of amides is 1. The molecule has 7 heteroatoms. The van der Waals surface area contributed by atoms with Gasteiger partial charge in [-0.05, 0) is 35.2 Å². The zero-order valence-electron chi connectivity index (χ0n) is 14.8. The number of benzene rings is 2. The zero-order valence-corrected chi connectivity index (χ0v) is 16.4. The number of nitrogens with zero attached hydrogens (tertiary/aromatic N) is 1. The summed E-state index contributed by atoms with van der Waals surface area (Å²) in [5.74, 6) is 0.308. The van der Waals surface area contributed by atoms with E-state index in [4.69, 9.17) is 0 Å². The Morgan fingerprint density at radius 1 is 1.15 bits per heavy atom. The lowest BCUT2D eigenvalue weighted by Gasteiger charge is -2.06. The van der Waals surface area contributed by atoms with E-state index in [9.17, 15) is 13.2 Å². The second-order valence-electron chi connectivity index (χ2n) is 6.54. The highest BCUT2D eigenvalue weighted by Gasteiger charge is 2.12. The standard InChI is InChI=1S/C19H20N2O3S2/c1-12(2)14-6-4-13(5-7-14)10-18(22)21-19-20-16-9-8-15(26(3,23)24)11-17(16)25-19/h4-9,11-12H,10H2,1-3H3,(H,20,21,22). The summed E-state index contributed by atoms with van der Waals surface area (Å²) in [6.45, 7) is 4.26. The van der Waals surface area contributed by atoms with E-state index >= 15 is 0 Å². The molecule has 0 aliphatic rings. The molecule has 0 saturated heterocycles. The van der Waals surface area contributed by atoms with E-state index in [2.05, 4.69) is 24.1 Å². The van der Waals surface area contributed by atoms with Gasteiger partial charge in [-0.15, -0.1) is 0 Å². The van der Waals surface area contributed by atoms with Crippen molar-refractivity contribution in [2.45, 2.75) is 31.1 Å². The Morgan fingerprint density at radius 2 is 1.85 bits per heavy atom. The number of carbonyl (C=O) groups excluding carboxylic acids is 1. The summed E-state index contributed by atoms with van der Waals surface area (Å²) in [6, 6.07) is 12.8. The minimum Gasteiger partial charge on any atom is -0.302 e. The minimum atomic E-state index is -3.27. The van der Waals surface area contributed by atoms with Gasteiger partial charge in [0.2, 0.25) is 5.91 Å². The van der Waals surface area contributed by atoms with Gasteiger partial charge in [0.15, 0.2) is 15.0 Å². The van der Waals surface area contributed by atoms with Gasteiger partial charge in [-0.1, -0.05) is 49.4 Å². The SMILES string of the molecule is CC(C)c1ccc(CC(=O)Nc2nc3ccc(S(C)(=O)=O)cc3s2)cc1. The van der Waals surface area contributed by atoms with Crippen molar-refractivity contribution >= 4 is 42.4 Å². The average Bonchev–Trinajstić information content (AvgIpc) is 2.95. The molecule has 1 amide bonds. The quantitative estimate of drug-likeness (QED) is 0.717. The third kappa shape index (κ3) is 4.28. The second-order valence-corrected chi connectivity index (χ2v) is 9.59. The summed E-state index contributed by atoms with van der Waals surface area (Å²) in [7, 11) is -3.27. The summed E-state index contributed by atoms with van der Waals surface area (Å²) in [5, 5.41) is 3.26. The maximum Gasteiger partial charge on any atom is 0.230 e. The van der Waals surface area contributed by atoms with Crippen molar-refractivity contribution in [1.82, 2.24) is 4.98 Å². The van der Waals surface area contributed by atoms with Crippen LogP contribution < -0.4 is 5.32 Å². The molecule has 0 aliphatic carbocycles. The largest absolute Gasteiger partial charge is 0.302 e. The van der Waals surface area contributed by atoms with Crippen LogP contribution in [-0.4, -0.2) is 25.6 Å².